The lowest BCUT2D eigenvalue weighted by Gasteiger charge is -2.12. The molecule has 3 heteroatoms. The molecule has 3 nitrogen and oxygen atoms in total. The minimum absolute atomic E-state index is 0.375. The zero-order valence-electron chi connectivity index (χ0n) is 18.3. The molecule has 0 saturated carbocycles. The van der Waals surface area contributed by atoms with Crippen LogP contribution < -0.4 is 0 Å². The summed E-state index contributed by atoms with van der Waals surface area (Å²) in [4.78, 5) is 12.4. The largest absolute Gasteiger partial charge is 0.446 e. The van der Waals surface area contributed by atoms with Gasteiger partial charge in [0.05, 0.1) is 5.56 Å². The standard InChI is InChI=1S/C28H32O3/c1-2-3-4-5-6-7-14-21-26(31-28(30)25-19-12-9-13-20-25)22-15-16-23-27(29)24-17-10-8-11-18-24/h8-13,17-20,26-27,29H,2-7,14,21H2,1H3/t26-,27+/m1/s1. The van der Waals surface area contributed by atoms with E-state index in [1.54, 1.807) is 12.1 Å². The summed E-state index contributed by atoms with van der Waals surface area (Å²) >= 11 is 0. The number of hydrogen-bond acceptors (Lipinski definition) is 3. The Kier molecular flexibility index (Phi) is 11.7. The summed E-state index contributed by atoms with van der Waals surface area (Å²) in [6.07, 6.45) is 7.59. The highest BCUT2D eigenvalue weighted by Crippen LogP contribution is 2.13. The molecule has 0 bridgehead atoms. The van der Waals surface area contributed by atoms with Gasteiger partial charge in [0.15, 0.2) is 6.10 Å². The van der Waals surface area contributed by atoms with Gasteiger partial charge in [0.1, 0.15) is 6.10 Å². The maximum Gasteiger partial charge on any atom is 0.339 e. The molecule has 2 aromatic carbocycles. The average molecular weight is 417 g/mol. The van der Waals surface area contributed by atoms with Crippen molar-refractivity contribution in [3.8, 4) is 23.7 Å². The summed E-state index contributed by atoms with van der Waals surface area (Å²) in [5.74, 6) is 10.8. The molecular formula is C28H32O3. The monoisotopic (exact) mass is 416 g/mol. The number of rotatable bonds is 11. The smallest absolute Gasteiger partial charge is 0.339 e. The molecule has 0 heterocycles. The van der Waals surface area contributed by atoms with Gasteiger partial charge in [-0.25, -0.2) is 4.79 Å². The first-order valence-electron chi connectivity index (χ1n) is 11.2. The molecule has 0 aliphatic carbocycles. The lowest BCUT2D eigenvalue weighted by molar-refractivity contribution is 0.0393. The van der Waals surface area contributed by atoms with Crippen LogP contribution in [0.2, 0.25) is 0 Å². The van der Waals surface area contributed by atoms with E-state index in [4.69, 9.17) is 4.74 Å². The summed E-state index contributed by atoms with van der Waals surface area (Å²) in [6.45, 7) is 2.21. The lowest BCUT2D eigenvalue weighted by Crippen LogP contribution is -2.16. The SMILES string of the molecule is CCCCCCCCC[C@H](C#CC#C[C@H](O)c1ccccc1)OC(=O)c1ccccc1. The average Bonchev–Trinajstić information content (AvgIpc) is 2.81. The second kappa shape index (κ2) is 14.9. The van der Waals surface area contributed by atoms with E-state index in [0.29, 0.717) is 12.0 Å². The van der Waals surface area contributed by atoms with Crippen LogP contribution in [0.1, 0.15) is 80.3 Å². The van der Waals surface area contributed by atoms with Gasteiger partial charge in [0.2, 0.25) is 0 Å². The molecule has 0 saturated heterocycles. The van der Waals surface area contributed by atoms with E-state index in [2.05, 4.69) is 30.6 Å². The van der Waals surface area contributed by atoms with Gasteiger partial charge in [-0.05, 0) is 48.3 Å². The molecule has 0 fully saturated rings. The third kappa shape index (κ3) is 10.0. The van der Waals surface area contributed by atoms with Crippen molar-refractivity contribution in [1.82, 2.24) is 0 Å². The van der Waals surface area contributed by atoms with Gasteiger partial charge in [-0.15, -0.1) is 0 Å². The zero-order chi connectivity index (χ0) is 22.2. The van der Waals surface area contributed by atoms with E-state index in [1.165, 1.54) is 32.1 Å². The Bertz CT molecular complexity index is 882. The minimum atomic E-state index is -0.885. The third-order valence-electron chi connectivity index (χ3n) is 4.95. The molecule has 0 radical (unpaired) electrons. The van der Waals surface area contributed by atoms with Crippen LogP contribution in [0.3, 0.4) is 0 Å². The first-order valence-corrected chi connectivity index (χ1v) is 11.2. The number of unbranched alkanes of at least 4 members (excludes halogenated alkanes) is 6. The second-order valence-electron chi connectivity index (χ2n) is 7.52. The molecule has 0 amide bonds. The molecule has 0 aliphatic rings. The zero-order valence-corrected chi connectivity index (χ0v) is 18.3. The van der Waals surface area contributed by atoms with Gasteiger partial charge in [-0.3, -0.25) is 0 Å². The summed E-state index contributed by atoms with van der Waals surface area (Å²) in [5, 5.41) is 10.1. The number of aliphatic hydroxyl groups is 1. The third-order valence-corrected chi connectivity index (χ3v) is 4.95. The molecule has 1 N–H and O–H groups in total. The Morgan fingerprint density at radius 2 is 1.42 bits per heavy atom. The summed E-state index contributed by atoms with van der Waals surface area (Å²) in [5.41, 5.74) is 1.24. The van der Waals surface area contributed by atoms with Crippen LogP contribution in [0.4, 0.5) is 0 Å². The van der Waals surface area contributed by atoms with Gasteiger partial charge < -0.3 is 9.84 Å². The maximum absolute atomic E-state index is 12.4. The Hall–Kier alpha value is -3.01. The van der Waals surface area contributed by atoms with Gasteiger partial charge in [-0.2, -0.15) is 0 Å². The number of carbonyl (C=O) groups is 1. The minimum Gasteiger partial charge on any atom is -0.446 e. The predicted molar refractivity (Wildman–Crippen MR) is 125 cm³/mol. The fraction of sp³-hybridized carbons (Fsp3) is 0.393. The van der Waals surface area contributed by atoms with Crippen LogP contribution >= 0.6 is 0 Å². The molecule has 2 atom stereocenters. The molecule has 162 valence electrons. The number of ether oxygens (including phenoxy) is 1. The van der Waals surface area contributed by atoms with Gasteiger partial charge >= 0.3 is 5.97 Å². The second-order valence-corrected chi connectivity index (χ2v) is 7.52. The normalized spacial score (nSPS) is 11.9. The Morgan fingerprint density at radius 3 is 2.10 bits per heavy atom. The van der Waals surface area contributed by atoms with Crippen LogP contribution in [0.25, 0.3) is 0 Å². The number of benzene rings is 2. The van der Waals surface area contributed by atoms with Crippen LogP contribution in [0.5, 0.6) is 0 Å². The lowest BCUT2D eigenvalue weighted by atomic mass is 10.1. The Morgan fingerprint density at radius 1 is 0.839 bits per heavy atom. The highest BCUT2D eigenvalue weighted by Gasteiger charge is 2.13. The van der Waals surface area contributed by atoms with Crippen molar-refractivity contribution in [2.24, 2.45) is 0 Å². The summed E-state index contributed by atoms with van der Waals surface area (Å²) in [6, 6.07) is 18.2. The van der Waals surface area contributed by atoms with Crippen molar-refractivity contribution in [3.05, 3.63) is 71.8 Å². The predicted octanol–water partition coefficient (Wildman–Crippen LogP) is 6.09. The molecule has 2 aromatic rings. The topological polar surface area (TPSA) is 46.5 Å². The van der Waals surface area contributed by atoms with Crippen molar-refractivity contribution in [2.75, 3.05) is 0 Å². The van der Waals surface area contributed by atoms with E-state index in [9.17, 15) is 9.90 Å². The first-order chi connectivity index (χ1) is 15.2. The molecule has 0 spiro atoms. The molecular weight excluding hydrogens is 384 g/mol. The number of aliphatic hydroxyl groups excluding tert-OH is 1. The summed E-state index contributed by atoms with van der Waals surface area (Å²) < 4.78 is 5.63. The van der Waals surface area contributed by atoms with Crippen LogP contribution in [0, 0.1) is 23.7 Å². The van der Waals surface area contributed by atoms with Crippen molar-refractivity contribution in [2.45, 2.75) is 70.5 Å². The van der Waals surface area contributed by atoms with Crippen molar-refractivity contribution in [3.63, 3.8) is 0 Å². The fourth-order valence-corrected chi connectivity index (χ4v) is 3.16. The van der Waals surface area contributed by atoms with Crippen LogP contribution in [-0.2, 0) is 4.74 Å². The van der Waals surface area contributed by atoms with E-state index >= 15 is 0 Å². The van der Waals surface area contributed by atoms with Gasteiger partial charge in [0, 0.05) is 0 Å². The maximum atomic E-state index is 12.4. The van der Waals surface area contributed by atoms with E-state index in [1.807, 2.05) is 48.5 Å². The van der Waals surface area contributed by atoms with Crippen LogP contribution in [0.15, 0.2) is 60.7 Å². The van der Waals surface area contributed by atoms with Gasteiger partial charge in [0.25, 0.3) is 0 Å². The van der Waals surface area contributed by atoms with E-state index in [-0.39, 0.29) is 5.97 Å². The molecule has 2 rings (SSSR count). The first kappa shape index (κ1) is 24.3. The van der Waals surface area contributed by atoms with E-state index in [0.717, 1.165) is 18.4 Å². The summed E-state index contributed by atoms with van der Waals surface area (Å²) in [7, 11) is 0. The highest BCUT2D eigenvalue weighted by atomic mass is 16.5. The fourth-order valence-electron chi connectivity index (χ4n) is 3.16. The number of esters is 1. The molecule has 0 aliphatic heterocycles. The Balaban J connectivity index is 1.93. The number of hydrogen-bond donors (Lipinski definition) is 1. The van der Waals surface area contributed by atoms with Crippen LogP contribution in [-0.4, -0.2) is 17.2 Å². The number of carbonyl (C=O) groups excluding carboxylic acids is 1. The molecule has 0 aromatic heterocycles. The van der Waals surface area contributed by atoms with E-state index < -0.39 is 12.2 Å². The molecule has 0 unspecified atom stereocenters. The molecule has 31 heavy (non-hydrogen) atoms. The Labute approximate surface area is 186 Å². The van der Waals surface area contributed by atoms with Crippen molar-refractivity contribution < 1.29 is 14.6 Å². The highest BCUT2D eigenvalue weighted by molar-refractivity contribution is 5.89. The van der Waals surface area contributed by atoms with Crippen molar-refractivity contribution >= 4 is 5.97 Å². The van der Waals surface area contributed by atoms with Crippen molar-refractivity contribution in [1.29, 1.82) is 0 Å². The van der Waals surface area contributed by atoms with Gasteiger partial charge in [-0.1, -0.05) is 99.9 Å². The quantitative estimate of drug-likeness (QED) is 0.274.